The first-order valence-electron chi connectivity index (χ1n) is 9.57. The second kappa shape index (κ2) is 8.92. The fourth-order valence-corrected chi connectivity index (χ4v) is 3.16. The highest BCUT2D eigenvalue weighted by atomic mass is 19.2. The Labute approximate surface area is 164 Å². The summed E-state index contributed by atoms with van der Waals surface area (Å²) in [4.78, 5) is 0. The Morgan fingerprint density at radius 1 is 0.786 bits per heavy atom. The lowest BCUT2D eigenvalue weighted by atomic mass is 9.99. The fraction of sp³-hybridized carbons (Fsp3) is 0.200. The van der Waals surface area contributed by atoms with Crippen LogP contribution in [0.25, 0.3) is 23.3 Å². The summed E-state index contributed by atoms with van der Waals surface area (Å²) in [7, 11) is 0. The number of halogens is 3. The minimum Gasteiger partial charge on any atom is -0.206 e. The molecule has 0 radical (unpaired) electrons. The van der Waals surface area contributed by atoms with Gasteiger partial charge in [0.15, 0.2) is 11.6 Å². The maximum absolute atomic E-state index is 14.4. The summed E-state index contributed by atoms with van der Waals surface area (Å²) in [6.45, 7) is 3.92. The van der Waals surface area contributed by atoms with Gasteiger partial charge in [0.25, 0.3) is 0 Å². The maximum Gasteiger partial charge on any atom is 0.166 e. The topological polar surface area (TPSA) is 0 Å². The molecule has 0 saturated carbocycles. The number of rotatable bonds is 6. The SMILES string of the molecule is CCCc1ccc(-c2ccc(/C=C/c3ccc(CC)cc3F)cc2)c(F)c1F. The van der Waals surface area contributed by atoms with Crippen LogP contribution in [0.15, 0.2) is 54.6 Å². The Kier molecular flexibility index (Phi) is 6.35. The molecule has 0 nitrogen and oxygen atoms in total. The smallest absolute Gasteiger partial charge is 0.166 e. The van der Waals surface area contributed by atoms with E-state index in [4.69, 9.17) is 0 Å². The summed E-state index contributed by atoms with van der Waals surface area (Å²) in [6, 6.07) is 15.6. The summed E-state index contributed by atoms with van der Waals surface area (Å²) in [5.41, 5.74) is 3.58. The van der Waals surface area contributed by atoms with Gasteiger partial charge in [-0.1, -0.05) is 81.0 Å². The molecule has 0 bridgehead atoms. The third-order valence-electron chi connectivity index (χ3n) is 4.83. The molecule has 0 aliphatic rings. The van der Waals surface area contributed by atoms with E-state index in [1.54, 1.807) is 60.7 Å². The van der Waals surface area contributed by atoms with Gasteiger partial charge in [0.2, 0.25) is 0 Å². The molecule has 0 amide bonds. The van der Waals surface area contributed by atoms with Crippen LogP contribution < -0.4 is 0 Å². The maximum atomic E-state index is 14.4. The quantitative estimate of drug-likeness (QED) is 0.389. The fourth-order valence-electron chi connectivity index (χ4n) is 3.16. The molecule has 0 unspecified atom stereocenters. The van der Waals surface area contributed by atoms with E-state index in [1.807, 2.05) is 19.9 Å². The summed E-state index contributed by atoms with van der Waals surface area (Å²) in [5, 5.41) is 0. The molecule has 0 saturated heterocycles. The summed E-state index contributed by atoms with van der Waals surface area (Å²) < 4.78 is 42.7. The molecule has 28 heavy (non-hydrogen) atoms. The van der Waals surface area contributed by atoms with Gasteiger partial charge in [0.1, 0.15) is 5.82 Å². The standard InChI is InChI=1S/C25H23F3/c1-3-5-21-14-15-22(25(28)24(21)27)19-10-7-18(8-11-19)9-13-20-12-6-17(4-2)16-23(20)26/h6-16H,3-5H2,1-2H3/b13-9+. The van der Waals surface area contributed by atoms with Gasteiger partial charge in [-0.3, -0.25) is 0 Å². The van der Waals surface area contributed by atoms with Crippen molar-refractivity contribution in [3.8, 4) is 11.1 Å². The minimum absolute atomic E-state index is 0.245. The van der Waals surface area contributed by atoms with Gasteiger partial charge >= 0.3 is 0 Å². The highest BCUT2D eigenvalue weighted by Gasteiger charge is 2.14. The largest absolute Gasteiger partial charge is 0.206 e. The molecule has 3 rings (SSSR count). The average molecular weight is 380 g/mol. The van der Waals surface area contributed by atoms with Crippen molar-refractivity contribution >= 4 is 12.2 Å². The van der Waals surface area contributed by atoms with Gasteiger partial charge in [-0.2, -0.15) is 0 Å². The van der Waals surface area contributed by atoms with Crippen molar-refractivity contribution in [3.63, 3.8) is 0 Å². The molecule has 0 aliphatic carbocycles. The number of hydrogen-bond donors (Lipinski definition) is 0. The first-order valence-corrected chi connectivity index (χ1v) is 9.57. The lowest BCUT2D eigenvalue weighted by molar-refractivity contribution is 0.500. The number of benzene rings is 3. The predicted octanol–water partition coefficient (Wildman–Crippen LogP) is 7.46. The summed E-state index contributed by atoms with van der Waals surface area (Å²) in [5.74, 6) is -1.83. The van der Waals surface area contributed by atoms with E-state index in [0.29, 0.717) is 23.1 Å². The number of hydrogen-bond acceptors (Lipinski definition) is 0. The van der Waals surface area contributed by atoms with Crippen molar-refractivity contribution < 1.29 is 13.2 Å². The Morgan fingerprint density at radius 3 is 2.18 bits per heavy atom. The number of aryl methyl sites for hydroxylation is 2. The molecule has 0 atom stereocenters. The molecule has 0 heterocycles. The minimum atomic E-state index is -0.813. The van der Waals surface area contributed by atoms with Crippen molar-refractivity contribution in [2.45, 2.75) is 33.1 Å². The van der Waals surface area contributed by atoms with Crippen molar-refractivity contribution in [3.05, 3.63) is 94.3 Å². The Hall–Kier alpha value is -2.81. The third-order valence-corrected chi connectivity index (χ3v) is 4.83. The summed E-state index contributed by atoms with van der Waals surface area (Å²) in [6.07, 6.45) is 5.58. The Morgan fingerprint density at radius 2 is 1.54 bits per heavy atom. The van der Waals surface area contributed by atoms with Crippen LogP contribution in [0.2, 0.25) is 0 Å². The molecule has 0 spiro atoms. The molecule has 3 aromatic rings. The van der Waals surface area contributed by atoms with Crippen molar-refractivity contribution in [2.24, 2.45) is 0 Å². The highest BCUT2D eigenvalue weighted by molar-refractivity contribution is 5.72. The van der Waals surface area contributed by atoms with Crippen molar-refractivity contribution in [1.82, 2.24) is 0 Å². The second-order valence-electron chi connectivity index (χ2n) is 6.81. The van der Waals surface area contributed by atoms with E-state index in [-0.39, 0.29) is 11.4 Å². The van der Waals surface area contributed by atoms with Crippen LogP contribution in [0.3, 0.4) is 0 Å². The monoisotopic (exact) mass is 380 g/mol. The lowest BCUT2D eigenvalue weighted by Gasteiger charge is -2.08. The van der Waals surface area contributed by atoms with Gasteiger partial charge in [-0.15, -0.1) is 0 Å². The van der Waals surface area contributed by atoms with E-state index < -0.39 is 11.6 Å². The van der Waals surface area contributed by atoms with Gasteiger partial charge in [-0.05, 0) is 41.2 Å². The van der Waals surface area contributed by atoms with E-state index in [9.17, 15) is 13.2 Å². The van der Waals surface area contributed by atoms with Crippen LogP contribution >= 0.6 is 0 Å². The van der Waals surface area contributed by atoms with Gasteiger partial charge in [-0.25, -0.2) is 13.2 Å². The van der Waals surface area contributed by atoms with E-state index >= 15 is 0 Å². The Bertz CT molecular complexity index is 985. The molecule has 144 valence electrons. The molecule has 0 aromatic heterocycles. The summed E-state index contributed by atoms with van der Waals surface area (Å²) >= 11 is 0. The molecular weight excluding hydrogens is 357 g/mol. The zero-order valence-electron chi connectivity index (χ0n) is 16.1. The predicted molar refractivity (Wildman–Crippen MR) is 110 cm³/mol. The van der Waals surface area contributed by atoms with E-state index in [1.165, 1.54) is 0 Å². The van der Waals surface area contributed by atoms with Crippen LogP contribution in [0.1, 0.15) is 42.5 Å². The lowest BCUT2D eigenvalue weighted by Crippen LogP contribution is -1.97. The molecule has 0 aliphatic heterocycles. The third kappa shape index (κ3) is 4.36. The van der Waals surface area contributed by atoms with Gasteiger partial charge in [0, 0.05) is 11.1 Å². The molecule has 0 N–H and O–H groups in total. The normalized spacial score (nSPS) is 11.3. The van der Waals surface area contributed by atoms with Gasteiger partial charge < -0.3 is 0 Å². The van der Waals surface area contributed by atoms with Crippen molar-refractivity contribution in [1.29, 1.82) is 0 Å². The average Bonchev–Trinajstić information content (AvgIpc) is 2.71. The van der Waals surface area contributed by atoms with Gasteiger partial charge in [0.05, 0.1) is 0 Å². The molecule has 3 aromatic carbocycles. The Balaban J connectivity index is 1.81. The molecule has 0 fully saturated rings. The van der Waals surface area contributed by atoms with Crippen LogP contribution in [-0.2, 0) is 12.8 Å². The zero-order valence-corrected chi connectivity index (χ0v) is 16.1. The van der Waals surface area contributed by atoms with Crippen LogP contribution in [0.4, 0.5) is 13.2 Å². The highest BCUT2D eigenvalue weighted by Crippen LogP contribution is 2.27. The zero-order chi connectivity index (χ0) is 20.1. The van der Waals surface area contributed by atoms with E-state index in [2.05, 4.69) is 0 Å². The van der Waals surface area contributed by atoms with Crippen LogP contribution in [0.5, 0.6) is 0 Å². The molecular formula is C25H23F3. The van der Waals surface area contributed by atoms with E-state index in [0.717, 1.165) is 24.0 Å². The first-order chi connectivity index (χ1) is 13.5. The second-order valence-corrected chi connectivity index (χ2v) is 6.81. The first kappa shape index (κ1) is 19.9. The van der Waals surface area contributed by atoms with Crippen molar-refractivity contribution in [2.75, 3.05) is 0 Å². The van der Waals surface area contributed by atoms with Crippen LogP contribution in [0, 0.1) is 17.5 Å². The molecule has 3 heteroatoms. The van der Waals surface area contributed by atoms with Crippen LogP contribution in [-0.4, -0.2) is 0 Å².